The third kappa shape index (κ3) is 3.06. The lowest BCUT2D eigenvalue weighted by Crippen LogP contribution is -2.16. The van der Waals surface area contributed by atoms with Crippen molar-refractivity contribution in [3.63, 3.8) is 0 Å². The van der Waals surface area contributed by atoms with Gasteiger partial charge in [0.05, 0.1) is 5.69 Å². The van der Waals surface area contributed by atoms with Gasteiger partial charge < -0.3 is 5.32 Å². The molecule has 2 heterocycles. The molecule has 0 aromatic carbocycles. The van der Waals surface area contributed by atoms with Gasteiger partial charge in [0.15, 0.2) is 5.82 Å². The summed E-state index contributed by atoms with van der Waals surface area (Å²) in [5, 5.41) is 16.4. The molecule has 0 unspecified atom stereocenters. The average molecular weight is 285 g/mol. The van der Waals surface area contributed by atoms with Gasteiger partial charge in [-0.25, -0.2) is 4.68 Å². The quantitative estimate of drug-likeness (QED) is 0.885. The molecule has 1 aliphatic rings. The second-order valence-corrected chi connectivity index (χ2v) is 6.22. The molecule has 5 nitrogen and oxygen atoms in total. The van der Waals surface area contributed by atoms with Crippen LogP contribution in [-0.4, -0.2) is 26.5 Å². The van der Waals surface area contributed by atoms with E-state index < -0.39 is 0 Å². The van der Waals surface area contributed by atoms with Crippen molar-refractivity contribution < 1.29 is 0 Å². The Balaban J connectivity index is 1.66. The van der Waals surface area contributed by atoms with Crippen molar-refractivity contribution in [3.8, 4) is 5.82 Å². The highest BCUT2D eigenvalue weighted by Crippen LogP contribution is 2.49. The van der Waals surface area contributed by atoms with Crippen LogP contribution in [-0.2, 0) is 0 Å². The molecule has 1 N–H and O–H groups in total. The van der Waals surface area contributed by atoms with Gasteiger partial charge in [0.25, 0.3) is 0 Å². The van der Waals surface area contributed by atoms with E-state index in [1.54, 1.807) is 0 Å². The molecule has 1 aliphatic carbocycles. The maximum atomic E-state index is 4.42. The lowest BCUT2D eigenvalue weighted by atomic mass is 10.0. The van der Waals surface area contributed by atoms with Gasteiger partial charge in [-0.3, -0.25) is 0 Å². The third-order valence-corrected chi connectivity index (χ3v) is 4.26. The highest BCUT2D eigenvalue weighted by molar-refractivity contribution is 5.37. The zero-order valence-electron chi connectivity index (χ0n) is 13.1. The van der Waals surface area contributed by atoms with E-state index in [4.69, 9.17) is 0 Å². The first-order chi connectivity index (χ1) is 10.1. The number of hydrogen-bond donors (Lipinski definition) is 1. The molecule has 0 saturated heterocycles. The van der Waals surface area contributed by atoms with Gasteiger partial charge in [-0.1, -0.05) is 13.3 Å². The fraction of sp³-hybridized carbons (Fsp3) is 0.562. The van der Waals surface area contributed by atoms with E-state index in [0.29, 0.717) is 5.41 Å². The second-order valence-electron chi connectivity index (χ2n) is 6.22. The molecule has 0 aliphatic heterocycles. The van der Waals surface area contributed by atoms with E-state index in [1.165, 1.54) is 25.7 Å². The van der Waals surface area contributed by atoms with Gasteiger partial charge in [-0.15, -0.1) is 10.2 Å². The van der Waals surface area contributed by atoms with E-state index in [-0.39, 0.29) is 0 Å². The summed E-state index contributed by atoms with van der Waals surface area (Å²) in [7, 11) is 0. The Bertz CT molecular complexity index is 610. The van der Waals surface area contributed by atoms with E-state index >= 15 is 0 Å². The number of rotatable bonds is 6. The number of hydrogen-bond acceptors (Lipinski definition) is 4. The maximum absolute atomic E-state index is 4.42. The number of nitrogens with one attached hydrogen (secondary N) is 1. The lowest BCUT2D eigenvalue weighted by Gasteiger charge is -2.15. The summed E-state index contributed by atoms with van der Waals surface area (Å²) in [6.07, 6.45) is 5.23. The molecule has 2 aromatic rings. The van der Waals surface area contributed by atoms with E-state index in [1.807, 2.05) is 36.7 Å². The van der Waals surface area contributed by atoms with Crippen molar-refractivity contribution in [1.82, 2.24) is 20.0 Å². The first-order valence-corrected chi connectivity index (χ1v) is 7.73. The van der Waals surface area contributed by atoms with Crippen molar-refractivity contribution in [2.75, 3.05) is 11.9 Å². The van der Waals surface area contributed by atoms with Crippen molar-refractivity contribution in [3.05, 3.63) is 29.6 Å². The molecule has 0 atom stereocenters. The molecule has 0 bridgehead atoms. The van der Waals surface area contributed by atoms with E-state index in [2.05, 4.69) is 27.5 Å². The van der Waals surface area contributed by atoms with Crippen molar-refractivity contribution in [2.24, 2.45) is 5.41 Å². The summed E-state index contributed by atoms with van der Waals surface area (Å²) in [5.74, 6) is 1.61. The Morgan fingerprint density at radius 2 is 2.05 bits per heavy atom. The van der Waals surface area contributed by atoms with E-state index in [0.717, 1.165) is 29.6 Å². The molecular formula is C16H23N5. The molecule has 0 radical (unpaired) electrons. The maximum Gasteiger partial charge on any atom is 0.176 e. The number of anilines is 1. The third-order valence-electron chi connectivity index (χ3n) is 4.26. The summed E-state index contributed by atoms with van der Waals surface area (Å²) < 4.78 is 1.82. The fourth-order valence-electron chi connectivity index (χ4n) is 2.89. The number of nitrogens with zero attached hydrogens (tertiary/aromatic N) is 4. The van der Waals surface area contributed by atoms with Crippen LogP contribution < -0.4 is 5.32 Å². The Kier molecular flexibility index (Phi) is 3.66. The minimum absolute atomic E-state index is 0.519. The fourth-order valence-corrected chi connectivity index (χ4v) is 2.89. The zero-order valence-corrected chi connectivity index (χ0v) is 13.1. The first kappa shape index (κ1) is 14.0. The van der Waals surface area contributed by atoms with Gasteiger partial charge in [-0.05, 0) is 56.7 Å². The molecule has 1 saturated carbocycles. The molecule has 0 amide bonds. The minimum Gasteiger partial charge on any atom is -0.368 e. The average Bonchev–Trinajstić information content (AvgIpc) is 3.15. The summed E-state index contributed by atoms with van der Waals surface area (Å²) >= 11 is 0. The number of aromatic nitrogens is 4. The smallest absolute Gasteiger partial charge is 0.176 e. The van der Waals surface area contributed by atoms with Crippen LogP contribution in [0.25, 0.3) is 5.82 Å². The number of aryl methyl sites for hydroxylation is 2. The topological polar surface area (TPSA) is 55.6 Å². The van der Waals surface area contributed by atoms with Crippen LogP contribution in [0.15, 0.2) is 18.2 Å². The molecule has 3 rings (SSSR count). The van der Waals surface area contributed by atoms with Crippen LogP contribution in [0.2, 0.25) is 0 Å². The highest BCUT2D eigenvalue weighted by atomic mass is 15.4. The van der Waals surface area contributed by atoms with Crippen molar-refractivity contribution in [2.45, 2.75) is 46.5 Å². The van der Waals surface area contributed by atoms with Gasteiger partial charge in [0, 0.05) is 12.2 Å². The molecule has 5 heteroatoms. The lowest BCUT2D eigenvalue weighted by molar-refractivity contribution is 0.485. The monoisotopic (exact) mass is 285 g/mol. The SMILES string of the molecule is CCCC1(CNc2ccc(-n3nc(C)cc3C)nn2)CC1. The largest absolute Gasteiger partial charge is 0.368 e. The van der Waals surface area contributed by atoms with Crippen LogP contribution in [0.4, 0.5) is 5.82 Å². The molecule has 112 valence electrons. The molecule has 21 heavy (non-hydrogen) atoms. The Labute approximate surface area is 125 Å². The van der Waals surface area contributed by atoms with Crippen LogP contribution in [0.5, 0.6) is 0 Å². The zero-order chi connectivity index (χ0) is 14.9. The Hall–Kier alpha value is -1.91. The predicted molar refractivity (Wildman–Crippen MR) is 83.7 cm³/mol. The standard InChI is InChI=1S/C16H23N5/c1-4-7-16(8-9-16)11-17-14-5-6-15(19-18-14)21-13(3)10-12(2)20-21/h5-6,10H,4,7-9,11H2,1-3H3,(H,17,18). The Morgan fingerprint density at radius 1 is 1.24 bits per heavy atom. The molecule has 1 fully saturated rings. The molecule has 2 aromatic heterocycles. The first-order valence-electron chi connectivity index (χ1n) is 7.73. The van der Waals surface area contributed by atoms with E-state index in [9.17, 15) is 0 Å². The van der Waals surface area contributed by atoms with Crippen LogP contribution in [0, 0.1) is 19.3 Å². The summed E-state index contributed by atoms with van der Waals surface area (Å²) in [6, 6.07) is 5.99. The highest BCUT2D eigenvalue weighted by Gasteiger charge is 2.41. The summed E-state index contributed by atoms with van der Waals surface area (Å²) in [5.41, 5.74) is 2.58. The van der Waals surface area contributed by atoms with Crippen molar-refractivity contribution >= 4 is 5.82 Å². The summed E-state index contributed by atoms with van der Waals surface area (Å²) in [4.78, 5) is 0. The second kappa shape index (κ2) is 5.47. The minimum atomic E-state index is 0.519. The van der Waals surface area contributed by atoms with Crippen LogP contribution in [0.3, 0.4) is 0 Å². The molecule has 0 spiro atoms. The Morgan fingerprint density at radius 3 is 2.57 bits per heavy atom. The van der Waals surface area contributed by atoms with Gasteiger partial charge in [0.2, 0.25) is 0 Å². The normalized spacial score (nSPS) is 16.0. The predicted octanol–water partition coefficient (Wildman–Crippen LogP) is 3.27. The van der Waals surface area contributed by atoms with Crippen LogP contribution >= 0.6 is 0 Å². The van der Waals surface area contributed by atoms with Gasteiger partial charge in [-0.2, -0.15) is 5.10 Å². The summed E-state index contributed by atoms with van der Waals surface area (Å²) in [6.45, 7) is 7.27. The van der Waals surface area contributed by atoms with Gasteiger partial charge >= 0.3 is 0 Å². The van der Waals surface area contributed by atoms with Crippen molar-refractivity contribution in [1.29, 1.82) is 0 Å². The van der Waals surface area contributed by atoms with Gasteiger partial charge in [0.1, 0.15) is 5.82 Å². The van der Waals surface area contributed by atoms with Crippen LogP contribution in [0.1, 0.15) is 44.0 Å². The molecular weight excluding hydrogens is 262 g/mol.